The second-order valence-corrected chi connectivity index (χ2v) is 3.01. The van der Waals surface area contributed by atoms with Crippen molar-refractivity contribution in [2.24, 2.45) is 0 Å². The number of ether oxygens (including phenoxy) is 4. The molecule has 0 radical (unpaired) electrons. The van der Waals surface area contributed by atoms with Crippen LogP contribution in [0.5, 0.6) is 0 Å². The van der Waals surface area contributed by atoms with Crippen LogP contribution in [0.15, 0.2) is 0 Å². The van der Waals surface area contributed by atoms with E-state index >= 15 is 0 Å². The van der Waals surface area contributed by atoms with E-state index < -0.39 is 0 Å². The number of carbonyl (C=O) groups excluding carboxylic acids is 1. The maximum Gasteiger partial charge on any atom is 0.302 e. The highest BCUT2D eigenvalue weighted by molar-refractivity contribution is 5.65. The Morgan fingerprint density at radius 1 is 0.824 bits per heavy atom. The predicted molar refractivity (Wildman–Crippen MR) is 57.7 cm³/mol. The van der Waals surface area contributed by atoms with Gasteiger partial charge in [-0.1, -0.05) is 0 Å². The van der Waals surface area contributed by atoms with Crippen LogP contribution in [0.3, 0.4) is 0 Å². The topological polar surface area (TPSA) is 83.5 Å². The summed E-state index contributed by atoms with van der Waals surface area (Å²) in [6.07, 6.45) is 0. The Balaban J connectivity index is 2.91. The average Bonchev–Trinajstić information content (AvgIpc) is 2.30. The fourth-order valence-corrected chi connectivity index (χ4v) is 0.882. The number of hydrogen-bond acceptors (Lipinski definition) is 7. The zero-order valence-electron chi connectivity index (χ0n) is 10.1. The Bertz CT molecular complexity index is 174. The average molecular weight is 252 g/mol. The van der Waals surface area contributed by atoms with Gasteiger partial charge in [0.15, 0.2) is 0 Å². The largest absolute Gasteiger partial charge is 0.463 e. The van der Waals surface area contributed by atoms with Gasteiger partial charge in [-0.15, -0.1) is 0 Å². The number of esters is 1. The van der Waals surface area contributed by atoms with Gasteiger partial charge in [-0.2, -0.15) is 0 Å². The van der Waals surface area contributed by atoms with Crippen LogP contribution < -0.4 is 0 Å². The monoisotopic (exact) mass is 252 g/mol. The van der Waals surface area contributed by atoms with E-state index in [0.717, 1.165) is 0 Å². The summed E-state index contributed by atoms with van der Waals surface area (Å²) >= 11 is 0. The molecule has 0 fully saturated rings. The molecular formula is C10H20O7. The minimum absolute atomic E-state index is 0.152. The quantitative estimate of drug-likeness (QED) is 0.228. The highest BCUT2D eigenvalue weighted by Crippen LogP contribution is 1.83. The smallest absolute Gasteiger partial charge is 0.302 e. The molecule has 0 heterocycles. The molecule has 102 valence electrons. The minimum atomic E-state index is -0.311. The molecule has 0 aliphatic carbocycles. The van der Waals surface area contributed by atoms with Crippen LogP contribution in [0.1, 0.15) is 6.92 Å². The van der Waals surface area contributed by atoms with Crippen LogP contribution >= 0.6 is 0 Å². The second kappa shape index (κ2) is 13.3. The van der Waals surface area contributed by atoms with E-state index in [1.54, 1.807) is 0 Å². The first kappa shape index (κ1) is 16.3. The maximum atomic E-state index is 10.4. The summed E-state index contributed by atoms with van der Waals surface area (Å²) in [5, 5.41) is 7.98. The van der Waals surface area contributed by atoms with Gasteiger partial charge in [-0.05, 0) is 0 Å². The molecule has 0 bridgehead atoms. The molecule has 0 aliphatic heterocycles. The van der Waals surface area contributed by atoms with Crippen LogP contribution in [0.25, 0.3) is 0 Å². The molecular weight excluding hydrogens is 232 g/mol. The van der Waals surface area contributed by atoms with Crippen molar-refractivity contribution >= 4 is 5.97 Å². The van der Waals surface area contributed by atoms with Crippen molar-refractivity contribution in [2.45, 2.75) is 6.92 Å². The van der Waals surface area contributed by atoms with Crippen molar-refractivity contribution in [3.05, 3.63) is 0 Å². The first-order valence-electron chi connectivity index (χ1n) is 5.40. The maximum absolute atomic E-state index is 10.4. The van der Waals surface area contributed by atoms with E-state index in [0.29, 0.717) is 39.6 Å². The first-order chi connectivity index (χ1) is 8.27. The van der Waals surface area contributed by atoms with Gasteiger partial charge in [0.25, 0.3) is 0 Å². The van der Waals surface area contributed by atoms with Crippen LogP contribution in [-0.2, 0) is 28.6 Å². The van der Waals surface area contributed by atoms with Gasteiger partial charge < -0.3 is 18.9 Å². The summed E-state index contributed by atoms with van der Waals surface area (Å²) < 4.78 is 20.0. The molecule has 17 heavy (non-hydrogen) atoms. The normalized spacial score (nSPS) is 10.5. The summed E-state index contributed by atoms with van der Waals surface area (Å²) in [7, 11) is 0. The van der Waals surface area contributed by atoms with E-state index in [1.165, 1.54) is 6.92 Å². The van der Waals surface area contributed by atoms with E-state index in [9.17, 15) is 4.79 Å². The van der Waals surface area contributed by atoms with Crippen molar-refractivity contribution in [3.63, 3.8) is 0 Å². The molecule has 1 N–H and O–H groups in total. The first-order valence-corrected chi connectivity index (χ1v) is 5.40. The van der Waals surface area contributed by atoms with Crippen LogP contribution in [-0.4, -0.2) is 64.1 Å². The summed E-state index contributed by atoms with van der Waals surface area (Å²) in [4.78, 5) is 14.2. The molecule has 0 saturated carbocycles. The molecule has 0 rings (SSSR count). The number of hydrogen-bond donors (Lipinski definition) is 1. The lowest BCUT2D eigenvalue weighted by Crippen LogP contribution is -2.13. The molecule has 0 unspecified atom stereocenters. The SMILES string of the molecule is CC(=O)OCCOCCOCCOCCOO. The Hall–Kier alpha value is -0.730. The van der Waals surface area contributed by atoms with Crippen molar-refractivity contribution in [2.75, 3.05) is 52.9 Å². The van der Waals surface area contributed by atoms with Crippen molar-refractivity contribution in [1.82, 2.24) is 0 Å². The predicted octanol–water partition coefficient (Wildman–Crippen LogP) is 0.0889. The van der Waals surface area contributed by atoms with Gasteiger partial charge in [0.2, 0.25) is 0 Å². The third-order valence-corrected chi connectivity index (χ3v) is 1.60. The van der Waals surface area contributed by atoms with E-state index in [1.807, 2.05) is 0 Å². The molecule has 0 aromatic rings. The van der Waals surface area contributed by atoms with Gasteiger partial charge in [-0.3, -0.25) is 10.1 Å². The van der Waals surface area contributed by atoms with E-state index in [-0.39, 0.29) is 19.2 Å². The molecule has 7 heteroatoms. The van der Waals surface area contributed by atoms with Crippen molar-refractivity contribution < 1.29 is 33.9 Å². The zero-order valence-corrected chi connectivity index (χ0v) is 10.1. The summed E-state index contributed by atoms with van der Waals surface area (Å²) in [5.74, 6) is -0.311. The third-order valence-electron chi connectivity index (χ3n) is 1.60. The molecule has 0 spiro atoms. The molecule has 7 nitrogen and oxygen atoms in total. The lowest BCUT2D eigenvalue weighted by Gasteiger charge is -2.06. The van der Waals surface area contributed by atoms with E-state index in [4.69, 9.17) is 19.5 Å². The molecule has 0 atom stereocenters. The van der Waals surface area contributed by atoms with Crippen molar-refractivity contribution in [3.8, 4) is 0 Å². The summed E-state index contributed by atoms with van der Waals surface area (Å²) in [6, 6.07) is 0. The highest BCUT2D eigenvalue weighted by Gasteiger charge is 1.94. The molecule has 0 aromatic carbocycles. The Kier molecular flexibility index (Phi) is 12.8. The lowest BCUT2D eigenvalue weighted by atomic mass is 10.7. The number of carbonyl (C=O) groups is 1. The van der Waals surface area contributed by atoms with Crippen LogP contribution in [0.2, 0.25) is 0 Å². The molecule has 0 aliphatic rings. The van der Waals surface area contributed by atoms with Gasteiger partial charge in [0.1, 0.15) is 13.2 Å². The summed E-state index contributed by atoms with van der Waals surface area (Å²) in [6.45, 7) is 4.27. The zero-order chi connectivity index (χ0) is 12.8. The standard InChI is InChI=1S/C10H20O7/c1-10(11)16-8-6-14-4-2-13-3-5-15-7-9-17-12/h12H,2-9H2,1H3. The third kappa shape index (κ3) is 15.3. The van der Waals surface area contributed by atoms with Crippen molar-refractivity contribution in [1.29, 1.82) is 0 Å². The fraction of sp³-hybridized carbons (Fsp3) is 0.900. The molecule has 0 aromatic heterocycles. The second-order valence-electron chi connectivity index (χ2n) is 3.01. The van der Waals surface area contributed by atoms with Crippen LogP contribution in [0, 0.1) is 0 Å². The lowest BCUT2D eigenvalue weighted by molar-refractivity contribution is -0.249. The fourth-order valence-electron chi connectivity index (χ4n) is 0.882. The molecule has 0 amide bonds. The number of rotatable bonds is 12. The molecule has 0 saturated heterocycles. The van der Waals surface area contributed by atoms with E-state index in [2.05, 4.69) is 9.62 Å². The Labute approximate surface area is 100 Å². The van der Waals surface area contributed by atoms with Gasteiger partial charge in [0.05, 0.1) is 39.6 Å². The summed E-state index contributed by atoms with van der Waals surface area (Å²) in [5.41, 5.74) is 0. The Morgan fingerprint density at radius 3 is 1.65 bits per heavy atom. The van der Waals surface area contributed by atoms with Crippen LogP contribution in [0.4, 0.5) is 0 Å². The minimum Gasteiger partial charge on any atom is -0.463 e. The van der Waals surface area contributed by atoms with Gasteiger partial charge in [-0.25, -0.2) is 4.89 Å². The van der Waals surface area contributed by atoms with Gasteiger partial charge >= 0.3 is 5.97 Å². The Morgan fingerprint density at radius 2 is 1.24 bits per heavy atom. The van der Waals surface area contributed by atoms with Gasteiger partial charge in [0, 0.05) is 6.92 Å². The highest BCUT2D eigenvalue weighted by atomic mass is 17.1.